The van der Waals surface area contributed by atoms with Gasteiger partial charge in [0.1, 0.15) is 12.1 Å². The molecular weight excluding hydrogens is 362 g/mol. The molecule has 0 saturated carbocycles. The normalized spacial score (nSPS) is 13.7. The molecule has 0 saturated heterocycles. The van der Waals surface area contributed by atoms with E-state index in [0.717, 1.165) is 12.0 Å². The van der Waals surface area contributed by atoms with Gasteiger partial charge in [-0.1, -0.05) is 50.6 Å². The topological polar surface area (TPSA) is 125 Å². The average Bonchev–Trinajstić information content (AvgIpc) is 2.66. The van der Waals surface area contributed by atoms with E-state index in [0.29, 0.717) is 6.42 Å². The lowest BCUT2D eigenvalue weighted by atomic mass is 9.97. The van der Waals surface area contributed by atoms with Crippen molar-refractivity contribution < 1.29 is 24.3 Å². The first-order valence-electron chi connectivity index (χ1n) is 9.44. The van der Waals surface area contributed by atoms with Gasteiger partial charge in [-0.25, -0.2) is 4.79 Å². The molecule has 154 valence electrons. The molecule has 8 nitrogen and oxygen atoms in total. The number of hydrogen-bond acceptors (Lipinski definition) is 4. The molecule has 0 aliphatic carbocycles. The van der Waals surface area contributed by atoms with Crippen LogP contribution in [0.3, 0.4) is 0 Å². The molecule has 0 aromatic heterocycles. The summed E-state index contributed by atoms with van der Waals surface area (Å²) in [6.45, 7) is 5.82. The van der Waals surface area contributed by atoms with Gasteiger partial charge in [0.15, 0.2) is 0 Å². The van der Waals surface area contributed by atoms with Gasteiger partial charge in [0, 0.05) is 13.0 Å². The third-order valence-electron chi connectivity index (χ3n) is 4.43. The lowest BCUT2D eigenvalue weighted by molar-refractivity contribution is -0.140. The SMILES string of the molecule is CCNC(=O)C(=O)C(Cc1ccccc1)NC(=O)C(CC(C)CC)NC(=O)O. The number of carboxylic acid groups (broad SMARTS) is 1. The van der Waals surface area contributed by atoms with Crippen LogP contribution in [-0.2, 0) is 20.8 Å². The molecule has 0 radical (unpaired) electrons. The van der Waals surface area contributed by atoms with Crippen molar-refractivity contribution in [2.75, 3.05) is 6.54 Å². The number of amides is 3. The second-order valence-corrected chi connectivity index (χ2v) is 6.73. The summed E-state index contributed by atoms with van der Waals surface area (Å²) < 4.78 is 0. The van der Waals surface area contributed by atoms with Crippen LogP contribution in [0, 0.1) is 5.92 Å². The third-order valence-corrected chi connectivity index (χ3v) is 4.43. The standard InChI is InChI=1S/C20H29N3O5/c1-4-13(3)11-16(23-20(27)28)18(25)22-15(17(24)19(26)21-5-2)12-14-9-7-6-8-10-14/h6-10,13,15-16,23H,4-5,11-12H2,1-3H3,(H,21,26)(H,22,25)(H,27,28). The molecule has 3 unspecified atom stereocenters. The number of carbonyl (C=O) groups excluding carboxylic acids is 3. The Hall–Kier alpha value is -2.90. The van der Waals surface area contributed by atoms with E-state index in [1.54, 1.807) is 31.2 Å². The molecular formula is C20H29N3O5. The summed E-state index contributed by atoms with van der Waals surface area (Å²) in [5.41, 5.74) is 0.773. The van der Waals surface area contributed by atoms with Crippen LogP contribution in [0.2, 0.25) is 0 Å². The lowest BCUT2D eigenvalue weighted by Crippen LogP contribution is -2.54. The van der Waals surface area contributed by atoms with E-state index in [1.807, 2.05) is 19.9 Å². The molecule has 8 heteroatoms. The van der Waals surface area contributed by atoms with E-state index >= 15 is 0 Å². The van der Waals surface area contributed by atoms with E-state index in [1.165, 1.54) is 0 Å². The van der Waals surface area contributed by atoms with Gasteiger partial charge in [0.25, 0.3) is 5.91 Å². The molecule has 0 heterocycles. The Morgan fingerprint density at radius 3 is 2.18 bits per heavy atom. The minimum atomic E-state index is -1.32. The van der Waals surface area contributed by atoms with Gasteiger partial charge in [0.05, 0.1) is 0 Å². The van der Waals surface area contributed by atoms with Crippen LogP contribution in [0.25, 0.3) is 0 Å². The highest BCUT2D eigenvalue weighted by Crippen LogP contribution is 2.11. The van der Waals surface area contributed by atoms with E-state index < -0.39 is 35.8 Å². The summed E-state index contributed by atoms with van der Waals surface area (Å²) in [6.07, 6.45) is -0.123. The second-order valence-electron chi connectivity index (χ2n) is 6.73. The largest absolute Gasteiger partial charge is 0.465 e. The number of benzene rings is 1. The van der Waals surface area contributed by atoms with Gasteiger partial charge in [-0.3, -0.25) is 14.4 Å². The third kappa shape index (κ3) is 7.77. The van der Waals surface area contributed by atoms with Gasteiger partial charge in [0.2, 0.25) is 11.7 Å². The number of carbonyl (C=O) groups is 4. The molecule has 3 atom stereocenters. The summed E-state index contributed by atoms with van der Waals surface area (Å²) in [7, 11) is 0. The van der Waals surface area contributed by atoms with Gasteiger partial charge in [-0.15, -0.1) is 0 Å². The molecule has 4 N–H and O–H groups in total. The molecule has 0 bridgehead atoms. The van der Waals surface area contributed by atoms with Crippen molar-refractivity contribution in [1.82, 2.24) is 16.0 Å². The predicted molar refractivity (Wildman–Crippen MR) is 105 cm³/mol. The van der Waals surface area contributed by atoms with Crippen molar-refractivity contribution in [3.63, 3.8) is 0 Å². The number of ketones is 1. The van der Waals surface area contributed by atoms with Crippen LogP contribution in [-0.4, -0.2) is 47.4 Å². The van der Waals surface area contributed by atoms with Crippen LogP contribution in [0.5, 0.6) is 0 Å². The molecule has 3 amide bonds. The number of rotatable bonds is 11. The number of hydrogen-bond donors (Lipinski definition) is 4. The van der Waals surface area contributed by atoms with Crippen molar-refractivity contribution in [1.29, 1.82) is 0 Å². The Bertz CT molecular complexity index is 678. The van der Waals surface area contributed by atoms with Gasteiger partial charge >= 0.3 is 6.09 Å². The Labute approximate surface area is 165 Å². The zero-order valence-corrected chi connectivity index (χ0v) is 16.5. The molecule has 0 aliphatic rings. The molecule has 1 aromatic carbocycles. The van der Waals surface area contributed by atoms with Crippen molar-refractivity contribution >= 4 is 23.7 Å². The highest BCUT2D eigenvalue weighted by Gasteiger charge is 2.30. The maximum Gasteiger partial charge on any atom is 0.405 e. The van der Waals surface area contributed by atoms with Crippen LogP contribution in [0.15, 0.2) is 30.3 Å². The fraction of sp³-hybridized carbons (Fsp3) is 0.500. The fourth-order valence-corrected chi connectivity index (χ4v) is 2.69. The van der Waals surface area contributed by atoms with Gasteiger partial charge < -0.3 is 21.1 Å². The molecule has 1 aromatic rings. The van der Waals surface area contributed by atoms with Gasteiger partial charge in [-0.05, 0) is 24.8 Å². The average molecular weight is 391 g/mol. The Morgan fingerprint density at radius 1 is 1.00 bits per heavy atom. The molecule has 0 spiro atoms. The molecule has 0 fully saturated rings. The maximum atomic E-state index is 12.7. The van der Waals surface area contributed by atoms with Crippen LogP contribution >= 0.6 is 0 Å². The summed E-state index contributed by atoms with van der Waals surface area (Å²) >= 11 is 0. The number of nitrogens with one attached hydrogen (secondary N) is 3. The summed E-state index contributed by atoms with van der Waals surface area (Å²) in [4.78, 5) is 48.3. The minimum Gasteiger partial charge on any atom is -0.465 e. The lowest BCUT2D eigenvalue weighted by Gasteiger charge is -2.23. The van der Waals surface area contributed by atoms with E-state index in [2.05, 4.69) is 16.0 Å². The van der Waals surface area contributed by atoms with Crippen molar-refractivity contribution in [2.45, 2.75) is 52.1 Å². The van der Waals surface area contributed by atoms with E-state index in [-0.39, 0.29) is 18.9 Å². The fourth-order valence-electron chi connectivity index (χ4n) is 2.69. The van der Waals surface area contributed by atoms with Gasteiger partial charge in [-0.2, -0.15) is 0 Å². The zero-order valence-electron chi connectivity index (χ0n) is 16.5. The quantitative estimate of drug-likeness (QED) is 0.425. The van der Waals surface area contributed by atoms with Crippen molar-refractivity contribution in [3.8, 4) is 0 Å². The van der Waals surface area contributed by atoms with Crippen LogP contribution in [0.1, 0.15) is 39.2 Å². The van der Waals surface area contributed by atoms with Crippen molar-refractivity contribution in [3.05, 3.63) is 35.9 Å². The first-order chi connectivity index (χ1) is 13.3. The molecule has 28 heavy (non-hydrogen) atoms. The summed E-state index contributed by atoms with van der Waals surface area (Å²) in [5, 5.41) is 16.2. The number of Topliss-reactive ketones (excluding diaryl/α,β-unsaturated/α-hetero) is 1. The highest BCUT2D eigenvalue weighted by molar-refractivity contribution is 6.38. The van der Waals surface area contributed by atoms with Crippen molar-refractivity contribution in [2.24, 2.45) is 5.92 Å². The first-order valence-corrected chi connectivity index (χ1v) is 9.44. The number of likely N-dealkylation sites (N-methyl/N-ethyl adjacent to an activating group) is 1. The Morgan fingerprint density at radius 2 is 1.64 bits per heavy atom. The monoisotopic (exact) mass is 391 g/mol. The predicted octanol–water partition coefficient (Wildman–Crippen LogP) is 1.49. The second kappa shape index (κ2) is 11.7. The highest BCUT2D eigenvalue weighted by atomic mass is 16.4. The van der Waals surface area contributed by atoms with Crippen LogP contribution in [0.4, 0.5) is 4.79 Å². The first kappa shape index (κ1) is 23.1. The minimum absolute atomic E-state index is 0.106. The Balaban J connectivity index is 3.00. The molecule has 1 rings (SSSR count). The van der Waals surface area contributed by atoms with Crippen LogP contribution < -0.4 is 16.0 Å². The van der Waals surface area contributed by atoms with E-state index in [9.17, 15) is 19.2 Å². The summed E-state index contributed by atoms with van der Waals surface area (Å²) in [5.74, 6) is -2.07. The zero-order chi connectivity index (χ0) is 21.1. The summed E-state index contributed by atoms with van der Waals surface area (Å²) in [6, 6.07) is 6.89. The Kier molecular flexibility index (Phi) is 9.70. The molecule has 0 aliphatic heterocycles. The van der Waals surface area contributed by atoms with E-state index in [4.69, 9.17) is 5.11 Å². The maximum absolute atomic E-state index is 12.7. The smallest absolute Gasteiger partial charge is 0.405 e.